The van der Waals surface area contributed by atoms with Gasteiger partial charge in [-0.05, 0) is 44.2 Å². The summed E-state index contributed by atoms with van der Waals surface area (Å²) in [5.74, 6) is 1.97. The van der Waals surface area contributed by atoms with Crippen LogP contribution in [-0.2, 0) is 0 Å². The van der Waals surface area contributed by atoms with Crippen molar-refractivity contribution in [3.05, 3.63) is 12.7 Å². The largest absolute Gasteiger partial charge is 0.316 e. The maximum absolute atomic E-state index is 3.69. The molecule has 0 aromatic rings. The minimum atomic E-state index is 0.985. The molecule has 0 aliphatic heterocycles. The van der Waals surface area contributed by atoms with Crippen LogP contribution in [-0.4, -0.2) is 13.1 Å². The summed E-state index contributed by atoms with van der Waals surface area (Å²) >= 11 is 0. The highest BCUT2D eigenvalue weighted by molar-refractivity contribution is 4.83. The van der Waals surface area contributed by atoms with E-state index in [9.17, 15) is 0 Å². The molecule has 0 aromatic carbocycles. The summed E-state index contributed by atoms with van der Waals surface area (Å²) in [5, 5.41) is 3.46. The van der Waals surface area contributed by atoms with Crippen molar-refractivity contribution < 1.29 is 0 Å². The van der Waals surface area contributed by atoms with Gasteiger partial charge in [-0.3, -0.25) is 0 Å². The molecule has 0 spiro atoms. The van der Waals surface area contributed by atoms with Crippen LogP contribution in [0.15, 0.2) is 12.7 Å². The molecule has 11 heavy (non-hydrogen) atoms. The Labute approximate surface area is 69.9 Å². The van der Waals surface area contributed by atoms with Crippen LogP contribution < -0.4 is 5.32 Å². The zero-order chi connectivity index (χ0) is 8.10. The van der Waals surface area contributed by atoms with E-state index in [1.807, 2.05) is 6.08 Å². The first-order chi connectivity index (χ1) is 5.34. The average molecular weight is 153 g/mol. The van der Waals surface area contributed by atoms with Crippen LogP contribution in [0.2, 0.25) is 0 Å². The van der Waals surface area contributed by atoms with Gasteiger partial charge in [-0.2, -0.15) is 0 Å². The first-order valence-electron chi connectivity index (χ1n) is 4.66. The van der Waals surface area contributed by atoms with E-state index >= 15 is 0 Å². The average Bonchev–Trinajstić information content (AvgIpc) is 2.67. The summed E-state index contributed by atoms with van der Waals surface area (Å²) in [6.45, 7) is 8.42. The number of rotatable bonds is 6. The molecule has 2 atom stereocenters. The number of hydrogen-bond acceptors (Lipinski definition) is 1. The summed E-state index contributed by atoms with van der Waals surface area (Å²) in [6, 6.07) is 0. The number of unbranched alkanes of at least 4 members (excludes halogenated alkanes) is 1. The normalized spacial score (nSPS) is 28.5. The summed E-state index contributed by atoms with van der Waals surface area (Å²) < 4.78 is 0. The molecule has 0 bridgehead atoms. The summed E-state index contributed by atoms with van der Waals surface area (Å²) in [6.07, 6.45) is 5.81. The Morgan fingerprint density at radius 3 is 2.91 bits per heavy atom. The molecule has 0 heterocycles. The zero-order valence-corrected chi connectivity index (χ0v) is 7.47. The fraction of sp³-hybridized carbons (Fsp3) is 0.800. The van der Waals surface area contributed by atoms with E-state index in [4.69, 9.17) is 0 Å². The van der Waals surface area contributed by atoms with Gasteiger partial charge in [0.15, 0.2) is 0 Å². The quantitative estimate of drug-likeness (QED) is 0.455. The highest BCUT2D eigenvalue weighted by Gasteiger charge is 2.31. The van der Waals surface area contributed by atoms with Crippen molar-refractivity contribution in [1.29, 1.82) is 0 Å². The number of allylic oxidation sites excluding steroid dienone is 1. The smallest absolute Gasteiger partial charge is 0.00179 e. The van der Waals surface area contributed by atoms with E-state index in [0.29, 0.717) is 0 Å². The molecular formula is C10H19N. The summed E-state index contributed by atoms with van der Waals surface area (Å²) in [5.41, 5.74) is 0. The topological polar surface area (TPSA) is 12.0 Å². The van der Waals surface area contributed by atoms with Gasteiger partial charge in [-0.15, -0.1) is 6.58 Å². The number of nitrogens with one attached hydrogen (secondary N) is 1. The molecule has 1 aliphatic rings. The summed E-state index contributed by atoms with van der Waals surface area (Å²) in [7, 11) is 0. The van der Waals surface area contributed by atoms with Gasteiger partial charge in [-0.1, -0.05) is 13.0 Å². The number of hydrogen-bond donors (Lipinski definition) is 1. The second-order valence-corrected chi connectivity index (χ2v) is 3.61. The van der Waals surface area contributed by atoms with Crippen molar-refractivity contribution in [3.63, 3.8) is 0 Å². The van der Waals surface area contributed by atoms with E-state index in [0.717, 1.165) is 24.8 Å². The van der Waals surface area contributed by atoms with E-state index in [-0.39, 0.29) is 0 Å². The van der Waals surface area contributed by atoms with Crippen LogP contribution in [0.3, 0.4) is 0 Å². The highest BCUT2D eigenvalue weighted by atomic mass is 14.9. The Bertz CT molecular complexity index is 120. The van der Waals surface area contributed by atoms with E-state index in [1.54, 1.807) is 0 Å². The van der Waals surface area contributed by atoms with Gasteiger partial charge in [0.1, 0.15) is 0 Å². The SMILES string of the molecule is C=CCCCNCC1CC1C. The lowest BCUT2D eigenvalue weighted by molar-refractivity contribution is 0.596. The molecule has 0 saturated heterocycles. The molecule has 1 aliphatic carbocycles. The molecular weight excluding hydrogens is 134 g/mol. The molecule has 1 nitrogen and oxygen atoms in total. The molecule has 1 N–H and O–H groups in total. The minimum Gasteiger partial charge on any atom is -0.316 e. The van der Waals surface area contributed by atoms with Crippen molar-refractivity contribution in [2.45, 2.75) is 26.2 Å². The predicted molar refractivity (Wildman–Crippen MR) is 49.6 cm³/mol. The van der Waals surface area contributed by atoms with Crippen molar-refractivity contribution in [2.75, 3.05) is 13.1 Å². The third-order valence-corrected chi connectivity index (χ3v) is 2.44. The van der Waals surface area contributed by atoms with E-state index in [2.05, 4.69) is 18.8 Å². The lowest BCUT2D eigenvalue weighted by atomic mass is 10.3. The van der Waals surface area contributed by atoms with Crippen LogP contribution in [0.5, 0.6) is 0 Å². The third-order valence-electron chi connectivity index (χ3n) is 2.44. The van der Waals surface area contributed by atoms with Crippen LogP contribution in [0, 0.1) is 11.8 Å². The van der Waals surface area contributed by atoms with Crippen molar-refractivity contribution in [2.24, 2.45) is 11.8 Å². The highest BCUT2D eigenvalue weighted by Crippen LogP contribution is 2.36. The van der Waals surface area contributed by atoms with Gasteiger partial charge >= 0.3 is 0 Å². The second kappa shape index (κ2) is 4.55. The van der Waals surface area contributed by atoms with Gasteiger partial charge in [0.05, 0.1) is 0 Å². The Morgan fingerprint density at radius 2 is 2.36 bits per heavy atom. The Morgan fingerprint density at radius 1 is 1.64 bits per heavy atom. The Kier molecular flexibility index (Phi) is 3.64. The molecule has 64 valence electrons. The lowest BCUT2D eigenvalue weighted by Crippen LogP contribution is -2.18. The molecule has 0 radical (unpaired) electrons. The van der Waals surface area contributed by atoms with Crippen LogP contribution in [0.25, 0.3) is 0 Å². The fourth-order valence-corrected chi connectivity index (χ4v) is 1.34. The van der Waals surface area contributed by atoms with E-state index in [1.165, 1.54) is 19.4 Å². The molecule has 1 saturated carbocycles. The van der Waals surface area contributed by atoms with Crippen LogP contribution >= 0.6 is 0 Å². The molecule has 0 amide bonds. The fourth-order valence-electron chi connectivity index (χ4n) is 1.34. The Hall–Kier alpha value is -0.300. The van der Waals surface area contributed by atoms with Crippen molar-refractivity contribution in [1.82, 2.24) is 5.32 Å². The van der Waals surface area contributed by atoms with E-state index < -0.39 is 0 Å². The first kappa shape index (κ1) is 8.79. The predicted octanol–water partition coefficient (Wildman–Crippen LogP) is 2.20. The monoisotopic (exact) mass is 153 g/mol. The summed E-state index contributed by atoms with van der Waals surface area (Å²) in [4.78, 5) is 0. The molecule has 2 unspecified atom stereocenters. The standard InChI is InChI=1S/C10H19N/c1-3-4-5-6-11-8-10-7-9(10)2/h3,9-11H,1,4-8H2,2H3. The third kappa shape index (κ3) is 3.57. The second-order valence-electron chi connectivity index (χ2n) is 3.61. The van der Waals surface area contributed by atoms with Gasteiger partial charge in [-0.25, -0.2) is 0 Å². The van der Waals surface area contributed by atoms with Gasteiger partial charge in [0.25, 0.3) is 0 Å². The zero-order valence-electron chi connectivity index (χ0n) is 7.47. The minimum absolute atomic E-state index is 0.985. The first-order valence-corrected chi connectivity index (χ1v) is 4.66. The molecule has 1 fully saturated rings. The lowest BCUT2D eigenvalue weighted by Gasteiger charge is -2.00. The van der Waals surface area contributed by atoms with Crippen LogP contribution in [0.1, 0.15) is 26.2 Å². The Balaban J connectivity index is 1.78. The molecule has 1 heteroatoms. The van der Waals surface area contributed by atoms with Gasteiger partial charge < -0.3 is 5.32 Å². The maximum Gasteiger partial charge on any atom is -0.00179 e. The molecule has 1 rings (SSSR count). The van der Waals surface area contributed by atoms with Crippen molar-refractivity contribution >= 4 is 0 Å². The molecule has 0 aromatic heterocycles. The van der Waals surface area contributed by atoms with Gasteiger partial charge in [0.2, 0.25) is 0 Å². The van der Waals surface area contributed by atoms with Gasteiger partial charge in [0, 0.05) is 0 Å². The van der Waals surface area contributed by atoms with Crippen molar-refractivity contribution in [3.8, 4) is 0 Å². The maximum atomic E-state index is 3.69. The van der Waals surface area contributed by atoms with Crippen LogP contribution in [0.4, 0.5) is 0 Å².